The molecule has 160 valence electrons. The fourth-order valence-corrected chi connectivity index (χ4v) is 4.55. The minimum absolute atomic E-state index is 0.0186. The lowest BCUT2D eigenvalue weighted by Crippen LogP contribution is -2.49. The molecule has 0 bridgehead atoms. The second-order valence-corrected chi connectivity index (χ2v) is 9.07. The summed E-state index contributed by atoms with van der Waals surface area (Å²) < 4.78 is 5.87. The van der Waals surface area contributed by atoms with Crippen molar-refractivity contribution < 1.29 is 9.53 Å². The highest BCUT2D eigenvalue weighted by Crippen LogP contribution is 2.38. The number of carbonyl (C=O) groups is 1. The molecule has 0 radical (unpaired) electrons. The molecule has 2 aromatic rings. The van der Waals surface area contributed by atoms with Gasteiger partial charge in [0.25, 0.3) is 0 Å². The summed E-state index contributed by atoms with van der Waals surface area (Å²) >= 11 is 0. The Balaban J connectivity index is 1.36. The van der Waals surface area contributed by atoms with Crippen LogP contribution in [0.3, 0.4) is 0 Å². The van der Waals surface area contributed by atoms with Gasteiger partial charge in [0.2, 0.25) is 5.91 Å². The predicted octanol–water partition coefficient (Wildman–Crippen LogP) is 3.55. The van der Waals surface area contributed by atoms with Crippen molar-refractivity contribution in [3.8, 4) is 5.75 Å². The minimum atomic E-state index is -0.207. The number of rotatable bonds is 6. The molecule has 1 N–H and O–H groups in total. The molecule has 30 heavy (non-hydrogen) atoms. The number of amides is 1. The molecule has 4 rings (SSSR count). The molecule has 1 aliphatic heterocycles. The van der Waals surface area contributed by atoms with E-state index in [0.717, 1.165) is 60.3 Å². The lowest BCUT2D eigenvalue weighted by atomic mass is 9.73. The van der Waals surface area contributed by atoms with Crippen LogP contribution in [0.4, 0.5) is 11.5 Å². The molecule has 7 nitrogen and oxygen atoms in total. The van der Waals surface area contributed by atoms with Crippen molar-refractivity contribution in [2.24, 2.45) is 17.8 Å². The molecule has 1 saturated carbocycles. The first-order chi connectivity index (χ1) is 14.3. The number of fused-ring (bicyclic) bond motifs is 1. The van der Waals surface area contributed by atoms with Gasteiger partial charge < -0.3 is 15.0 Å². The molecular formula is C23H31N5O2. The van der Waals surface area contributed by atoms with Crippen LogP contribution in [-0.4, -0.2) is 40.6 Å². The average molecular weight is 410 g/mol. The van der Waals surface area contributed by atoms with Crippen molar-refractivity contribution in [2.45, 2.75) is 53.0 Å². The van der Waals surface area contributed by atoms with Gasteiger partial charge in [0.05, 0.1) is 18.5 Å². The fourth-order valence-electron chi connectivity index (χ4n) is 4.55. The van der Waals surface area contributed by atoms with E-state index in [1.165, 1.54) is 0 Å². The van der Waals surface area contributed by atoms with Gasteiger partial charge in [-0.2, -0.15) is 0 Å². The molecule has 1 aliphatic carbocycles. The summed E-state index contributed by atoms with van der Waals surface area (Å²) in [4.78, 5) is 28.3. The second-order valence-electron chi connectivity index (χ2n) is 9.07. The lowest BCUT2D eigenvalue weighted by Gasteiger charge is -2.38. The number of anilines is 2. The third kappa shape index (κ3) is 4.11. The summed E-state index contributed by atoms with van der Waals surface area (Å²) in [5.74, 6) is 3.91. The van der Waals surface area contributed by atoms with E-state index in [1.54, 1.807) is 6.20 Å². The van der Waals surface area contributed by atoms with Crippen LogP contribution in [0.1, 0.15) is 43.9 Å². The number of nitrogens with one attached hydrogen (secondary N) is 1. The molecule has 1 fully saturated rings. The molecule has 0 aromatic carbocycles. The Hall–Kier alpha value is -2.70. The highest BCUT2D eigenvalue weighted by Gasteiger charge is 2.36. The number of aromatic nitrogens is 3. The van der Waals surface area contributed by atoms with Crippen LogP contribution in [0.25, 0.3) is 0 Å². The maximum Gasteiger partial charge on any atom is 0.247 e. The number of hydrogen-bond acceptors (Lipinski definition) is 6. The Morgan fingerprint density at radius 2 is 1.97 bits per heavy atom. The molecule has 1 amide bonds. The van der Waals surface area contributed by atoms with Crippen LogP contribution in [0.2, 0.25) is 0 Å². The number of carbonyl (C=O) groups excluding carboxylic acids is 1. The van der Waals surface area contributed by atoms with Gasteiger partial charge >= 0.3 is 0 Å². The van der Waals surface area contributed by atoms with Crippen LogP contribution in [0, 0.1) is 31.6 Å². The third-order valence-electron chi connectivity index (χ3n) is 6.19. The fraction of sp³-hybridized carbons (Fsp3) is 0.565. The summed E-state index contributed by atoms with van der Waals surface area (Å²) in [5.41, 5.74) is 2.58. The number of pyridine rings is 1. The molecule has 0 spiro atoms. The Morgan fingerprint density at radius 1 is 1.20 bits per heavy atom. The summed E-state index contributed by atoms with van der Waals surface area (Å²) in [6, 6.07) is 3.74. The number of likely N-dealkylation sites (N-methyl/N-ethyl adjacent to an activating group) is 1. The molecule has 1 atom stereocenters. The first-order valence-corrected chi connectivity index (χ1v) is 10.8. The Kier molecular flexibility index (Phi) is 5.62. The number of ether oxygens (including phenoxy) is 1. The van der Waals surface area contributed by atoms with Crippen molar-refractivity contribution in [3.05, 3.63) is 35.5 Å². The zero-order chi connectivity index (χ0) is 21.4. The molecule has 7 heteroatoms. The van der Waals surface area contributed by atoms with E-state index in [1.807, 2.05) is 37.9 Å². The van der Waals surface area contributed by atoms with E-state index in [-0.39, 0.29) is 17.9 Å². The van der Waals surface area contributed by atoms with Gasteiger partial charge in [0, 0.05) is 19.2 Å². The van der Waals surface area contributed by atoms with E-state index >= 15 is 0 Å². The second kappa shape index (κ2) is 8.20. The minimum Gasteiger partial charge on any atom is -0.492 e. The van der Waals surface area contributed by atoms with E-state index in [2.05, 4.69) is 29.1 Å². The zero-order valence-electron chi connectivity index (χ0n) is 18.5. The van der Waals surface area contributed by atoms with Crippen LogP contribution in [0.5, 0.6) is 5.75 Å². The Morgan fingerprint density at radius 3 is 2.63 bits per heavy atom. The maximum absolute atomic E-state index is 12.5. The number of hydrogen-bond donors (Lipinski definition) is 1. The molecule has 0 saturated heterocycles. The van der Waals surface area contributed by atoms with Crippen molar-refractivity contribution >= 4 is 17.4 Å². The standard InChI is InChI=1S/C23H31N5O2/c1-13(2)21-23(29)27-20-15(4)25-19(26-22(20)28(21)5)10-16-8-17(9-16)12-30-18-7-6-14(3)24-11-18/h6-7,11,13,16-17,21H,8-10,12H2,1-5H3,(H,27,29)/t16?,17?,21-/m0/s1. The van der Waals surface area contributed by atoms with E-state index in [9.17, 15) is 4.79 Å². The quantitative estimate of drug-likeness (QED) is 0.786. The van der Waals surface area contributed by atoms with Crippen molar-refractivity contribution in [2.75, 3.05) is 23.9 Å². The topological polar surface area (TPSA) is 80.2 Å². The predicted molar refractivity (Wildman–Crippen MR) is 117 cm³/mol. The van der Waals surface area contributed by atoms with Crippen molar-refractivity contribution in [1.82, 2.24) is 15.0 Å². The number of aryl methyl sites for hydroxylation is 2. The van der Waals surface area contributed by atoms with Gasteiger partial charge in [0.1, 0.15) is 23.3 Å². The molecule has 3 heterocycles. The Bertz CT molecular complexity index is 922. The highest BCUT2D eigenvalue weighted by atomic mass is 16.5. The first kappa shape index (κ1) is 20.6. The van der Waals surface area contributed by atoms with E-state index in [4.69, 9.17) is 9.72 Å². The lowest BCUT2D eigenvalue weighted by molar-refractivity contribution is -0.118. The monoisotopic (exact) mass is 409 g/mol. The van der Waals surface area contributed by atoms with Gasteiger partial charge in [-0.3, -0.25) is 9.78 Å². The maximum atomic E-state index is 12.5. The van der Waals surface area contributed by atoms with Gasteiger partial charge in [-0.15, -0.1) is 0 Å². The van der Waals surface area contributed by atoms with Gasteiger partial charge in [-0.05, 0) is 56.6 Å². The summed E-state index contributed by atoms with van der Waals surface area (Å²) in [6.45, 7) is 8.77. The van der Waals surface area contributed by atoms with Gasteiger partial charge in [-0.1, -0.05) is 13.8 Å². The van der Waals surface area contributed by atoms with Gasteiger partial charge in [-0.25, -0.2) is 9.97 Å². The van der Waals surface area contributed by atoms with Crippen molar-refractivity contribution in [1.29, 1.82) is 0 Å². The number of nitrogens with zero attached hydrogens (tertiary/aromatic N) is 4. The Labute approximate surface area is 178 Å². The molecular weight excluding hydrogens is 378 g/mol. The van der Waals surface area contributed by atoms with E-state index < -0.39 is 0 Å². The van der Waals surface area contributed by atoms with E-state index in [0.29, 0.717) is 11.8 Å². The highest BCUT2D eigenvalue weighted by molar-refractivity contribution is 6.03. The normalized spacial score (nSPS) is 23.1. The van der Waals surface area contributed by atoms with Crippen LogP contribution in [0.15, 0.2) is 18.3 Å². The summed E-state index contributed by atoms with van der Waals surface area (Å²) in [7, 11) is 1.95. The third-order valence-corrected chi connectivity index (χ3v) is 6.19. The molecule has 0 unspecified atom stereocenters. The first-order valence-electron chi connectivity index (χ1n) is 10.8. The zero-order valence-corrected chi connectivity index (χ0v) is 18.5. The summed E-state index contributed by atoms with van der Waals surface area (Å²) in [6.07, 6.45) is 4.90. The SMILES string of the molecule is Cc1ccc(OCC2CC(Cc3nc(C)c4c(n3)N(C)[C@@H](C(C)C)C(=O)N4)C2)cn1. The molecule has 2 aromatic heterocycles. The summed E-state index contributed by atoms with van der Waals surface area (Å²) in [5, 5.41) is 3.01. The van der Waals surface area contributed by atoms with Crippen molar-refractivity contribution in [3.63, 3.8) is 0 Å². The molecule has 2 aliphatic rings. The van der Waals surface area contributed by atoms with Crippen LogP contribution in [-0.2, 0) is 11.2 Å². The average Bonchev–Trinajstić information content (AvgIpc) is 2.65. The van der Waals surface area contributed by atoms with Gasteiger partial charge in [0.15, 0.2) is 5.82 Å². The van der Waals surface area contributed by atoms with Crippen LogP contribution >= 0.6 is 0 Å². The van der Waals surface area contributed by atoms with Crippen LogP contribution < -0.4 is 15.0 Å². The smallest absolute Gasteiger partial charge is 0.247 e. The largest absolute Gasteiger partial charge is 0.492 e.